The van der Waals surface area contributed by atoms with E-state index in [9.17, 15) is 4.79 Å². The Morgan fingerprint density at radius 2 is 1.80 bits per heavy atom. The molecule has 0 aliphatic rings. The molecule has 2 rings (SSSR count). The average Bonchev–Trinajstić information content (AvgIpc) is 3.01. The van der Waals surface area contributed by atoms with Crippen LogP contribution in [-0.2, 0) is 4.79 Å². The van der Waals surface area contributed by atoms with E-state index in [4.69, 9.17) is 4.42 Å². The van der Waals surface area contributed by atoms with Gasteiger partial charge in [-0.2, -0.15) is 0 Å². The number of rotatable bonds is 6. The summed E-state index contributed by atoms with van der Waals surface area (Å²) >= 11 is 0. The van der Waals surface area contributed by atoms with E-state index in [1.54, 1.807) is 6.26 Å². The summed E-state index contributed by atoms with van der Waals surface area (Å²) in [7, 11) is 0. The Morgan fingerprint density at radius 1 is 1.10 bits per heavy atom. The largest absolute Gasteiger partial charge is 0.469 e. The molecule has 1 aromatic heterocycles. The van der Waals surface area contributed by atoms with Crippen LogP contribution < -0.4 is 0 Å². The van der Waals surface area contributed by atoms with Crippen LogP contribution in [-0.4, -0.2) is 23.9 Å². The van der Waals surface area contributed by atoms with Gasteiger partial charge >= 0.3 is 0 Å². The van der Waals surface area contributed by atoms with Gasteiger partial charge in [0.25, 0.3) is 0 Å². The first-order chi connectivity index (χ1) is 9.76. The molecule has 0 radical (unpaired) electrons. The van der Waals surface area contributed by atoms with E-state index in [2.05, 4.69) is 0 Å². The lowest BCUT2D eigenvalue weighted by atomic mass is 9.92. The minimum Gasteiger partial charge on any atom is -0.469 e. The van der Waals surface area contributed by atoms with Crippen molar-refractivity contribution in [3.63, 3.8) is 0 Å². The zero-order chi connectivity index (χ0) is 14.4. The van der Waals surface area contributed by atoms with Gasteiger partial charge < -0.3 is 9.32 Å². The molecular weight excluding hydrogens is 250 g/mol. The summed E-state index contributed by atoms with van der Waals surface area (Å²) in [6.07, 6.45) is 2.10. The van der Waals surface area contributed by atoms with Crippen molar-refractivity contribution in [1.82, 2.24) is 4.90 Å². The van der Waals surface area contributed by atoms with Gasteiger partial charge in [-0.05, 0) is 31.5 Å². The second-order valence-electron chi connectivity index (χ2n) is 4.75. The molecule has 20 heavy (non-hydrogen) atoms. The van der Waals surface area contributed by atoms with Crippen molar-refractivity contribution in [1.29, 1.82) is 0 Å². The summed E-state index contributed by atoms with van der Waals surface area (Å²) in [5, 5.41) is 0. The van der Waals surface area contributed by atoms with Gasteiger partial charge in [-0.25, -0.2) is 0 Å². The third-order valence-electron chi connectivity index (χ3n) is 3.58. The minimum absolute atomic E-state index is 0.0145. The van der Waals surface area contributed by atoms with E-state index in [1.165, 1.54) is 0 Å². The van der Waals surface area contributed by atoms with Crippen molar-refractivity contribution in [2.45, 2.75) is 26.2 Å². The van der Waals surface area contributed by atoms with Crippen molar-refractivity contribution in [2.24, 2.45) is 0 Å². The van der Waals surface area contributed by atoms with Crippen LogP contribution in [0.2, 0.25) is 0 Å². The van der Waals surface area contributed by atoms with Gasteiger partial charge in [0.15, 0.2) is 0 Å². The van der Waals surface area contributed by atoms with Crippen LogP contribution in [0.4, 0.5) is 0 Å². The monoisotopic (exact) mass is 271 g/mol. The molecule has 1 amide bonds. The Hall–Kier alpha value is -2.03. The molecule has 3 heteroatoms. The van der Waals surface area contributed by atoms with Crippen molar-refractivity contribution >= 4 is 5.91 Å². The van der Waals surface area contributed by atoms with Gasteiger partial charge in [0, 0.05) is 19.5 Å². The highest BCUT2D eigenvalue weighted by Gasteiger charge is 2.22. The van der Waals surface area contributed by atoms with Crippen LogP contribution in [0, 0.1) is 0 Å². The summed E-state index contributed by atoms with van der Waals surface area (Å²) in [4.78, 5) is 14.2. The molecule has 1 heterocycles. The maximum atomic E-state index is 12.4. The molecule has 1 aromatic carbocycles. The number of carbonyl (C=O) groups excluding carboxylic acids is 1. The van der Waals surface area contributed by atoms with Crippen molar-refractivity contribution in [2.75, 3.05) is 13.1 Å². The highest BCUT2D eigenvalue weighted by atomic mass is 16.3. The molecule has 0 aliphatic heterocycles. The Bertz CT molecular complexity index is 515. The smallest absolute Gasteiger partial charge is 0.223 e. The molecule has 0 saturated heterocycles. The molecular formula is C17H21NO2. The number of hydrogen-bond donors (Lipinski definition) is 0. The summed E-state index contributed by atoms with van der Waals surface area (Å²) in [5.74, 6) is 0.997. The van der Waals surface area contributed by atoms with Gasteiger partial charge in [0.05, 0.1) is 12.2 Å². The second-order valence-corrected chi connectivity index (χ2v) is 4.75. The van der Waals surface area contributed by atoms with E-state index < -0.39 is 0 Å². The van der Waals surface area contributed by atoms with Crippen molar-refractivity contribution < 1.29 is 9.21 Å². The Morgan fingerprint density at radius 3 is 2.35 bits per heavy atom. The number of nitrogens with zero attached hydrogens (tertiary/aromatic N) is 1. The van der Waals surface area contributed by atoms with Crippen LogP contribution in [0.5, 0.6) is 0 Å². The highest BCUT2D eigenvalue weighted by Crippen LogP contribution is 2.28. The second kappa shape index (κ2) is 6.94. The van der Waals surface area contributed by atoms with Crippen LogP contribution >= 0.6 is 0 Å². The lowest BCUT2D eigenvalue weighted by Gasteiger charge is -2.22. The van der Waals surface area contributed by atoms with E-state index in [0.717, 1.165) is 24.4 Å². The van der Waals surface area contributed by atoms with Gasteiger partial charge in [-0.1, -0.05) is 30.3 Å². The summed E-state index contributed by atoms with van der Waals surface area (Å²) < 4.78 is 5.53. The lowest BCUT2D eigenvalue weighted by Crippen LogP contribution is -2.31. The molecule has 0 aliphatic carbocycles. The Balaban J connectivity index is 2.23. The molecule has 0 bridgehead atoms. The van der Waals surface area contributed by atoms with Gasteiger partial charge in [-0.15, -0.1) is 0 Å². The topological polar surface area (TPSA) is 33.5 Å². The van der Waals surface area contributed by atoms with E-state index >= 15 is 0 Å². The van der Waals surface area contributed by atoms with Gasteiger partial charge in [0.1, 0.15) is 5.76 Å². The zero-order valence-corrected chi connectivity index (χ0v) is 12.1. The third kappa shape index (κ3) is 3.29. The normalized spacial score (nSPS) is 12.1. The van der Waals surface area contributed by atoms with Crippen LogP contribution in [0.25, 0.3) is 0 Å². The summed E-state index contributed by atoms with van der Waals surface area (Å²) in [5.41, 5.74) is 1.11. The third-order valence-corrected chi connectivity index (χ3v) is 3.58. The van der Waals surface area contributed by atoms with E-state index in [0.29, 0.717) is 6.42 Å². The molecule has 3 nitrogen and oxygen atoms in total. The fourth-order valence-corrected chi connectivity index (χ4v) is 2.44. The minimum atomic E-state index is -0.0145. The predicted octanol–water partition coefficient (Wildman–Crippen LogP) is 3.67. The first kappa shape index (κ1) is 14.4. The molecule has 0 N–H and O–H groups in total. The maximum absolute atomic E-state index is 12.4. The first-order valence-corrected chi connectivity index (χ1v) is 7.12. The maximum Gasteiger partial charge on any atom is 0.223 e. The van der Waals surface area contributed by atoms with Crippen LogP contribution in [0.15, 0.2) is 53.1 Å². The van der Waals surface area contributed by atoms with Crippen molar-refractivity contribution in [3.8, 4) is 0 Å². The standard InChI is InChI=1S/C17H21NO2/c1-3-18(4-2)17(19)13-15(16-11-8-12-20-16)14-9-6-5-7-10-14/h5-12,15H,3-4,13H2,1-2H3/t15-/m1/s1. The van der Waals surface area contributed by atoms with Gasteiger partial charge in [-0.3, -0.25) is 4.79 Å². The molecule has 0 spiro atoms. The lowest BCUT2D eigenvalue weighted by molar-refractivity contribution is -0.131. The Kier molecular flexibility index (Phi) is 4.99. The quantitative estimate of drug-likeness (QED) is 0.803. The number of furan rings is 1. The number of carbonyl (C=O) groups is 1. The fraction of sp³-hybridized carbons (Fsp3) is 0.353. The highest BCUT2D eigenvalue weighted by molar-refractivity contribution is 5.77. The molecule has 2 aromatic rings. The SMILES string of the molecule is CCN(CC)C(=O)C[C@H](c1ccccc1)c1ccco1. The molecule has 106 valence electrons. The van der Waals surface area contributed by atoms with Gasteiger partial charge in [0.2, 0.25) is 5.91 Å². The molecule has 0 unspecified atom stereocenters. The summed E-state index contributed by atoms with van der Waals surface area (Å²) in [6, 6.07) is 13.9. The first-order valence-electron chi connectivity index (χ1n) is 7.12. The van der Waals surface area contributed by atoms with E-state index in [1.807, 2.05) is 61.2 Å². The van der Waals surface area contributed by atoms with E-state index in [-0.39, 0.29) is 11.8 Å². The fourth-order valence-electron chi connectivity index (χ4n) is 2.44. The molecule has 1 atom stereocenters. The van der Waals surface area contributed by atoms with Crippen LogP contribution in [0.1, 0.15) is 37.5 Å². The van der Waals surface area contributed by atoms with Crippen molar-refractivity contribution in [3.05, 3.63) is 60.1 Å². The molecule has 0 saturated carbocycles. The number of benzene rings is 1. The molecule has 0 fully saturated rings. The predicted molar refractivity (Wildman–Crippen MR) is 79.5 cm³/mol. The Labute approximate surface area is 120 Å². The zero-order valence-electron chi connectivity index (χ0n) is 12.1. The van der Waals surface area contributed by atoms with Crippen LogP contribution in [0.3, 0.4) is 0 Å². The number of amides is 1. The average molecular weight is 271 g/mol. The number of hydrogen-bond acceptors (Lipinski definition) is 2. The summed E-state index contributed by atoms with van der Waals surface area (Å²) in [6.45, 7) is 5.50.